The Kier molecular flexibility index (Phi) is 17.7. The predicted molar refractivity (Wildman–Crippen MR) is 181 cm³/mol. The SMILES string of the molecule is CC.CC.CCl.CF.CNC(=O)C(C)(C)CCc1ccc(N2C(=S)N(c3ccc(C#N)c(OC)c3F)C(=O)C23CCC3)cc1. The fourth-order valence-corrected chi connectivity index (χ4v) is 5.38. The van der Waals surface area contributed by atoms with E-state index in [-0.39, 0.29) is 33.9 Å². The smallest absolute Gasteiger partial charge is 0.259 e. The van der Waals surface area contributed by atoms with Gasteiger partial charge in [-0.15, -0.1) is 11.6 Å². The molecule has 2 amide bonds. The van der Waals surface area contributed by atoms with Crippen LogP contribution >= 0.6 is 23.8 Å². The number of hydrogen-bond donors (Lipinski definition) is 1. The second-order valence-corrected chi connectivity index (χ2v) is 10.2. The van der Waals surface area contributed by atoms with Crippen molar-refractivity contribution in [3.8, 4) is 11.8 Å². The van der Waals surface area contributed by atoms with Crippen molar-refractivity contribution in [2.75, 3.05) is 37.5 Å². The van der Waals surface area contributed by atoms with Gasteiger partial charge in [0.2, 0.25) is 5.91 Å². The maximum atomic E-state index is 15.4. The molecular formula is C33H47ClF2N4O3S. The minimum atomic E-state index is -0.854. The number of benzene rings is 2. The molecule has 0 unspecified atom stereocenters. The van der Waals surface area contributed by atoms with Gasteiger partial charge in [-0.1, -0.05) is 53.7 Å². The summed E-state index contributed by atoms with van der Waals surface area (Å²) in [5, 5.41) is 12.2. The number of nitrogens with zero attached hydrogens (tertiary/aromatic N) is 3. The van der Waals surface area contributed by atoms with E-state index in [1.54, 1.807) is 7.05 Å². The van der Waals surface area contributed by atoms with Crippen LogP contribution in [-0.2, 0) is 16.0 Å². The Labute approximate surface area is 272 Å². The first-order valence-corrected chi connectivity index (χ1v) is 15.8. The molecule has 0 aromatic heterocycles. The number of anilines is 2. The lowest BCUT2D eigenvalue weighted by molar-refractivity contribution is -0.129. The van der Waals surface area contributed by atoms with Crippen LogP contribution < -0.4 is 19.9 Å². The van der Waals surface area contributed by atoms with E-state index in [1.165, 1.54) is 30.5 Å². The molecule has 244 valence electrons. The summed E-state index contributed by atoms with van der Waals surface area (Å²) in [6.45, 7) is 11.8. The summed E-state index contributed by atoms with van der Waals surface area (Å²) in [5.41, 5.74) is 0.497. The van der Waals surface area contributed by atoms with E-state index in [9.17, 15) is 19.2 Å². The molecule has 2 aliphatic rings. The number of rotatable bonds is 7. The highest BCUT2D eigenvalue weighted by molar-refractivity contribution is 7.81. The van der Waals surface area contributed by atoms with E-state index in [0.717, 1.165) is 24.1 Å². The zero-order chi connectivity index (χ0) is 34.3. The van der Waals surface area contributed by atoms with E-state index in [1.807, 2.05) is 76.8 Å². The highest BCUT2D eigenvalue weighted by atomic mass is 35.5. The first kappa shape index (κ1) is 40.7. The third kappa shape index (κ3) is 8.24. The molecule has 0 radical (unpaired) electrons. The molecule has 11 heteroatoms. The molecule has 1 aliphatic heterocycles. The van der Waals surface area contributed by atoms with Gasteiger partial charge in [0.15, 0.2) is 16.7 Å². The molecule has 1 saturated heterocycles. The lowest BCUT2D eigenvalue weighted by atomic mass is 9.75. The third-order valence-corrected chi connectivity index (χ3v) is 7.67. The van der Waals surface area contributed by atoms with E-state index >= 15 is 4.39 Å². The molecule has 1 heterocycles. The largest absolute Gasteiger partial charge is 0.492 e. The van der Waals surface area contributed by atoms with E-state index in [4.69, 9.17) is 17.0 Å². The molecule has 2 aromatic carbocycles. The van der Waals surface area contributed by atoms with Gasteiger partial charge in [-0.25, -0.2) is 4.39 Å². The van der Waals surface area contributed by atoms with Gasteiger partial charge < -0.3 is 15.0 Å². The normalized spacial score (nSPS) is 14.2. The van der Waals surface area contributed by atoms with Crippen molar-refractivity contribution in [2.24, 2.45) is 5.41 Å². The Balaban J connectivity index is 0.00000214. The number of amides is 2. The molecular weight excluding hydrogens is 606 g/mol. The molecule has 2 fully saturated rings. The Morgan fingerprint density at radius 2 is 1.66 bits per heavy atom. The van der Waals surface area contributed by atoms with E-state index < -0.39 is 16.8 Å². The van der Waals surface area contributed by atoms with Gasteiger partial charge in [0, 0.05) is 24.5 Å². The molecule has 1 N–H and O–H groups in total. The Morgan fingerprint density at radius 1 is 1.11 bits per heavy atom. The van der Waals surface area contributed by atoms with Crippen LogP contribution in [0.5, 0.6) is 5.75 Å². The maximum Gasteiger partial charge on any atom is 0.259 e. The number of carbonyl (C=O) groups is 2. The molecule has 0 bridgehead atoms. The number of nitrogens with one attached hydrogen (secondary N) is 1. The van der Waals surface area contributed by atoms with Gasteiger partial charge in [0.05, 0.1) is 25.5 Å². The van der Waals surface area contributed by atoms with Gasteiger partial charge in [-0.2, -0.15) is 5.26 Å². The number of carbonyl (C=O) groups excluding carboxylic acids is 2. The number of thiocarbonyl (C=S) groups is 1. The second-order valence-electron chi connectivity index (χ2n) is 9.86. The van der Waals surface area contributed by atoms with Crippen molar-refractivity contribution in [3.05, 3.63) is 53.3 Å². The molecule has 0 atom stereocenters. The maximum absolute atomic E-state index is 15.4. The van der Waals surface area contributed by atoms with Crippen LogP contribution in [0.25, 0.3) is 0 Å². The van der Waals surface area contributed by atoms with Crippen molar-refractivity contribution in [1.29, 1.82) is 5.26 Å². The lowest BCUT2D eigenvalue weighted by Crippen LogP contribution is -2.55. The van der Waals surface area contributed by atoms with Gasteiger partial charge in [0.25, 0.3) is 5.91 Å². The standard InChI is InChI=1S/C27H29FN4O3S.2C2H6.CH3Cl.CH3F/c1-26(2,23(33)30-3)15-12-17-6-9-19(10-7-17)32-25(36)31(24(34)27(32)13-5-14-27)20-11-8-18(16-29)22(35-4)21(20)28;4*1-2/h6-11H,5,12-15H2,1-4H3,(H,30,33);2*1-2H3;2*1H3. The molecule has 1 saturated carbocycles. The molecule has 1 spiro atoms. The van der Waals surface area contributed by atoms with Crippen LogP contribution in [0, 0.1) is 22.6 Å². The van der Waals surface area contributed by atoms with Crippen LogP contribution in [-0.4, -0.2) is 50.2 Å². The molecule has 7 nitrogen and oxygen atoms in total. The topological polar surface area (TPSA) is 85.7 Å². The summed E-state index contributed by atoms with van der Waals surface area (Å²) in [7, 11) is 3.42. The van der Waals surface area contributed by atoms with Crippen LogP contribution in [0.4, 0.5) is 20.2 Å². The van der Waals surface area contributed by atoms with Crippen molar-refractivity contribution >= 4 is 52.1 Å². The van der Waals surface area contributed by atoms with Crippen molar-refractivity contribution in [3.63, 3.8) is 0 Å². The van der Waals surface area contributed by atoms with Crippen molar-refractivity contribution in [1.82, 2.24) is 5.32 Å². The fraction of sp³-hybridized carbons (Fsp3) is 0.515. The van der Waals surface area contributed by atoms with Gasteiger partial charge in [0.1, 0.15) is 11.6 Å². The van der Waals surface area contributed by atoms with E-state index in [2.05, 4.69) is 16.9 Å². The Hall–Kier alpha value is -3.29. The quantitative estimate of drug-likeness (QED) is 0.241. The summed E-state index contributed by atoms with van der Waals surface area (Å²) in [6.07, 6.45) is 4.96. The molecule has 1 aliphatic carbocycles. The highest BCUT2D eigenvalue weighted by Gasteiger charge is 2.60. The zero-order valence-electron chi connectivity index (χ0n) is 27.6. The monoisotopic (exact) mass is 652 g/mol. The number of alkyl halides is 2. The number of hydrogen-bond acceptors (Lipinski definition) is 5. The van der Waals surface area contributed by atoms with Gasteiger partial charge in [-0.3, -0.25) is 18.9 Å². The summed E-state index contributed by atoms with van der Waals surface area (Å²) in [4.78, 5) is 28.8. The molecule has 44 heavy (non-hydrogen) atoms. The number of aryl methyl sites for hydroxylation is 1. The predicted octanol–water partition coefficient (Wildman–Crippen LogP) is 7.96. The first-order valence-electron chi connectivity index (χ1n) is 14.6. The average Bonchev–Trinajstić information content (AvgIpc) is 3.29. The van der Waals surface area contributed by atoms with Gasteiger partial charge >= 0.3 is 0 Å². The number of halogens is 3. The van der Waals surface area contributed by atoms with Crippen LogP contribution in [0.3, 0.4) is 0 Å². The number of nitriles is 1. The average molecular weight is 653 g/mol. The second kappa shape index (κ2) is 19.2. The minimum Gasteiger partial charge on any atom is -0.492 e. The molecule has 2 aromatic rings. The summed E-state index contributed by atoms with van der Waals surface area (Å²) < 4.78 is 30.0. The van der Waals surface area contributed by atoms with Crippen LogP contribution in [0.1, 0.15) is 78.4 Å². The summed E-state index contributed by atoms with van der Waals surface area (Å²) in [5.74, 6) is -1.28. The van der Waals surface area contributed by atoms with Crippen LogP contribution in [0.15, 0.2) is 36.4 Å². The lowest BCUT2D eigenvalue weighted by Gasteiger charge is -2.43. The first-order chi connectivity index (χ1) is 21.1. The highest BCUT2D eigenvalue weighted by Crippen LogP contribution is 2.48. The molecule has 4 rings (SSSR count). The third-order valence-electron chi connectivity index (χ3n) is 7.31. The Bertz CT molecular complexity index is 1280. The Morgan fingerprint density at radius 3 is 2.09 bits per heavy atom. The fourth-order valence-electron chi connectivity index (χ4n) is 4.92. The zero-order valence-corrected chi connectivity index (χ0v) is 29.2. The van der Waals surface area contributed by atoms with Crippen molar-refractivity contribution in [2.45, 2.75) is 79.2 Å². The number of methoxy groups -OCH3 is 1. The summed E-state index contributed by atoms with van der Waals surface area (Å²) in [6, 6.07) is 12.5. The van der Waals surface area contributed by atoms with Crippen molar-refractivity contribution < 1.29 is 23.1 Å². The summed E-state index contributed by atoms with van der Waals surface area (Å²) >= 11 is 10.4. The minimum absolute atomic E-state index is 0.00118. The van der Waals surface area contributed by atoms with E-state index in [0.29, 0.717) is 26.4 Å². The van der Waals surface area contributed by atoms with Gasteiger partial charge in [-0.05, 0) is 74.2 Å². The number of ether oxygens (including phenoxy) is 1. The van der Waals surface area contributed by atoms with Crippen LogP contribution in [0.2, 0.25) is 0 Å².